The molecule has 4 fully saturated rings. The summed E-state index contributed by atoms with van der Waals surface area (Å²) in [6.45, 7) is 6.93. The number of aromatic nitrogens is 4. The number of hydrogen-bond donors (Lipinski definition) is 1. The third-order valence-electron chi connectivity index (χ3n) is 12.1. The van der Waals surface area contributed by atoms with Crippen LogP contribution >= 0.6 is 23.2 Å². The number of nitrogens with zero attached hydrogens (tertiary/aromatic N) is 7. The van der Waals surface area contributed by atoms with Gasteiger partial charge in [-0.05, 0) is 81.2 Å². The van der Waals surface area contributed by atoms with E-state index in [0.717, 1.165) is 66.6 Å². The van der Waals surface area contributed by atoms with Gasteiger partial charge in [-0.1, -0.05) is 36.2 Å². The van der Waals surface area contributed by atoms with Crippen molar-refractivity contribution in [1.82, 2.24) is 29.7 Å². The number of rotatable bonds is 8. The number of ether oxygens (including phenoxy) is 1. The Kier molecular flexibility index (Phi) is 9.07. The summed E-state index contributed by atoms with van der Waals surface area (Å²) in [5, 5.41) is 15.7. The number of nitrogens with one attached hydrogen (secondary N) is 1. The average molecular weight is 770 g/mol. The van der Waals surface area contributed by atoms with Gasteiger partial charge in [-0.15, -0.1) is 0 Å². The SMILES string of the molecule is COc1ccnc(N2C[C@@H]3C[C@H](C2)N(C(=O)C2CC2)[C@H]3c2cc3c(C)nc4c(F)c(C5=C(Cl)C(Cl)=CC(C)C5)c(CCC#N)cc4c3n2[C@H]2CCNC2)n1. The molecule has 54 heavy (non-hydrogen) atoms. The Hall–Kier alpha value is -4.24. The first-order valence-electron chi connectivity index (χ1n) is 19.1. The number of nitriles is 1. The van der Waals surface area contributed by atoms with Gasteiger partial charge in [0.15, 0.2) is 5.82 Å². The van der Waals surface area contributed by atoms with Crippen LogP contribution in [0.3, 0.4) is 0 Å². The van der Waals surface area contributed by atoms with E-state index in [1.807, 2.05) is 26.0 Å². The second kappa shape index (κ2) is 13.8. The highest BCUT2D eigenvalue weighted by Crippen LogP contribution is 2.51. The zero-order chi connectivity index (χ0) is 37.4. The molecule has 3 saturated heterocycles. The lowest BCUT2D eigenvalue weighted by Gasteiger charge is -2.33. The Morgan fingerprint density at radius 2 is 1.98 bits per heavy atom. The van der Waals surface area contributed by atoms with E-state index in [9.17, 15) is 10.1 Å². The highest BCUT2D eigenvalue weighted by molar-refractivity contribution is 6.46. The van der Waals surface area contributed by atoms with Gasteiger partial charge in [-0.25, -0.2) is 14.4 Å². The zero-order valence-corrected chi connectivity index (χ0v) is 32.2. The van der Waals surface area contributed by atoms with Gasteiger partial charge in [-0.2, -0.15) is 10.2 Å². The van der Waals surface area contributed by atoms with E-state index >= 15 is 4.39 Å². The Balaban J connectivity index is 1.26. The summed E-state index contributed by atoms with van der Waals surface area (Å²) in [4.78, 5) is 33.0. The first-order valence-corrected chi connectivity index (χ1v) is 19.9. The average Bonchev–Trinajstić information content (AvgIpc) is 3.63. The number of hydrogen-bond acceptors (Lipinski definition) is 8. The van der Waals surface area contributed by atoms with Gasteiger partial charge in [0.2, 0.25) is 17.7 Å². The lowest BCUT2D eigenvalue weighted by molar-refractivity contribution is -0.135. The van der Waals surface area contributed by atoms with E-state index in [-0.39, 0.29) is 53.7 Å². The number of allylic oxidation sites excluding steroid dienone is 4. The van der Waals surface area contributed by atoms with Crippen molar-refractivity contribution in [3.63, 3.8) is 0 Å². The van der Waals surface area contributed by atoms with Gasteiger partial charge in [0.25, 0.3) is 0 Å². The number of piperidine rings is 1. The maximum Gasteiger partial charge on any atom is 0.228 e. The minimum atomic E-state index is -0.438. The van der Waals surface area contributed by atoms with Crippen LogP contribution in [0.4, 0.5) is 10.3 Å². The van der Waals surface area contributed by atoms with Crippen molar-refractivity contribution in [2.75, 3.05) is 38.2 Å². The van der Waals surface area contributed by atoms with Crippen molar-refractivity contribution < 1.29 is 13.9 Å². The van der Waals surface area contributed by atoms with Gasteiger partial charge < -0.3 is 24.4 Å². The molecule has 6 heterocycles. The fraction of sp³-hybridized carbons (Fsp3) is 0.488. The number of methoxy groups -OCH3 is 1. The van der Waals surface area contributed by atoms with Crippen molar-refractivity contribution >= 4 is 62.4 Å². The predicted molar refractivity (Wildman–Crippen MR) is 208 cm³/mol. The molecular formula is C41H43Cl2FN8O2. The topological polar surface area (TPSA) is 112 Å². The highest BCUT2D eigenvalue weighted by Gasteiger charge is 2.53. The number of carbonyl (C=O) groups excluding carboxylic acids is 1. The third kappa shape index (κ3) is 5.84. The smallest absolute Gasteiger partial charge is 0.228 e. The van der Waals surface area contributed by atoms with Crippen LogP contribution in [0.5, 0.6) is 5.88 Å². The fourth-order valence-electron chi connectivity index (χ4n) is 9.65. The molecule has 5 aliphatic rings. The first kappa shape index (κ1) is 35.5. The lowest BCUT2D eigenvalue weighted by atomic mass is 9.86. The van der Waals surface area contributed by atoms with Crippen LogP contribution in [-0.2, 0) is 11.2 Å². The van der Waals surface area contributed by atoms with Gasteiger partial charge in [0, 0.05) is 83.9 Å². The van der Waals surface area contributed by atoms with Crippen molar-refractivity contribution in [3.8, 4) is 11.9 Å². The quantitative estimate of drug-likeness (QED) is 0.194. The maximum atomic E-state index is 17.4. The molecule has 1 unspecified atom stereocenters. The van der Waals surface area contributed by atoms with E-state index in [1.54, 1.807) is 19.4 Å². The van der Waals surface area contributed by atoms with Crippen LogP contribution in [-0.4, -0.2) is 69.7 Å². The predicted octanol–water partition coefficient (Wildman–Crippen LogP) is 7.73. The number of carbonyl (C=O) groups is 1. The van der Waals surface area contributed by atoms with Gasteiger partial charge >= 0.3 is 0 Å². The third-order valence-corrected chi connectivity index (χ3v) is 13.0. The van der Waals surface area contributed by atoms with E-state index in [0.29, 0.717) is 64.3 Å². The molecule has 3 aliphatic heterocycles. The minimum Gasteiger partial charge on any atom is -0.481 e. The molecule has 3 aromatic heterocycles. The first-order chi connectivity index (χ1) is 26.2. The molecule has 4 aromatic rings. The number of fused-ring (bicyclic) bond motifs is 5. The van der Waals surface area contributed by atoms with Crippen LogP contribution in [0.2, 0.25) is 0 Å². The normalized spacial score (nSPS) is 25.5. The Morgan fingerprint density at radius 1 is 1.15 bits per heavy atom. The molecule has 1 N–H and O–H groups in total. The van der Waals surface area contributed by atoms with E-state index in [1.165, 1.54) is 0 Å². The van der Waals surface area contributed by atoms with E-state index < -0.39 is 5.82 Å². The number of halogens is 3. The summed E-state index contributed by atoms with van der Waals surface area (Å²) in [6.07, 6.45) is 8.33. The van der Waals surface area contributed by atoms with Crippen LogP contribution < -0.4 is 15.0 Å². The van der Waals surface area contributed by atoms with Gasteiger partial charge in [-0.3, -0.25) is 4.79 Å². The lowest BCUT2D eigenvalue weighted by Crippen LogP contribution is -2.45. The molecule has 10 nitrogen and oxygen atoms in total. The summed E-state index contributed by atoms with van der Waals surface area (Å²) in [5.41, 5.74) is 4.76. The molecule has 9 rings (SSSR count). The molecule has 2 bridgehead atoms. The summed E-state index contributed by atoms with van der Waals surface area (Å²) in [7, 11) is 1.60. The van der Waals surface area contributed by atoms with Crippen molar-refractivity contribution in [2.24, 2.45) is 17.8 Å². The van der Waals surface area contributed by atoms with Crippen molar-refractivity contribution in [2.45, 2.75) is 76.9 Å². The second-order valence-corrected chi connectivity index (χ2v) is 16.5. The van der Waals surface area contributed by atoms with Gasteiger partial charge in [0.1, 0.15) is 5.52 Å². The zero-order valence-electron chi connectivity index (χ0n) is 30.7. The van der Waals surface area contributed by atoms with E-state index in [4.69, 9.17) is 32.9 Å². The standard InChI is InChI=1S/C41H43Cl2FN8O2/c1-21-13-29(35(43)31(42)14-21)34-24(5-4-10-45)16-30-37(36(34)44)48-22(2)28-17-32(51(39(28)30)26-8-11-46-18-26)38-25-15-27(52(38)40(53)23-6-7-23)20-50(19-25)41-47-12-9-33(49-41)54-3/h9,12,14,16-17,21,23,25-27,38,46H,4-8,11,13,15,18-20H2,1-3H3/t21?,25-,26-,27+,38+/m0/s1. The second-order valence-electron chi connectivity index (χ2n) is 15.7. The maximum absolute atomic E-state index is 17.4. The number of likely N-dealkylation sites (tertiary alicyclic amines) is 1. The molecular weight excluding hydrogens is 726 g/mol. The number of anilines is 1. The van der Waals surface area contributed by atoms with Crippen LogP contribution in [0.1, 0.15) is 80.0 Å². The molecule has 0 radical (unpaired) electrons. The molecule has 1 amide bonds. The molecule has 0 spiro atoms. The van der Waals surface area contributed by atoms with Crippen LogP contribution in [0, 0.1) is 41.8 Å². The monoisotopic (exact) mass is 768 g/mol. The van der Waals surface area contributed by atoms with Crippen LogP contribution in [0.25, 0.3) is 27.4 Å². The van der Waals surface area contributed by atoms with Crippen LogP contribution in [0.15, 0.2) is 40.5 Å². The van der Waals surface area contributed by atoms with Crippen molar-refractivity contribution in [1.29, 1.82) is 5.26 Å². The summed E-state index contributed by atoms with van der Waals surface area (Å²) in [5.74, 6) is 1.12. The minimum absolute atomic E-state index is 0.00449. The molecule has 1 aromatic carbocycles. The number of pyridine rings is 1. The van der Waals surface area contributed by atoms with E-state index in [2.05, 4.69) is 41.8 Å². The highest BCUT2D eigenvalue weighted by atomic mass is 35.5. The molecule has 1 saturated carbocycles. The molecule has 2 aliphatic carbocycles. The fourth-order valence-corrected chi connectivity index (χ4v) is 10.2. The van der Waals surface area contributed by atoms with Gasteiger partial charge in [0.05, 0.1) is 40.8 Å². The Morgan fingerprint density at radius 3 is 2.72 bits per heavy atom. The summed E-state index contributed by atoms with van der Waals surface area (Å²) >= 11 is 13.4. The number of amides is 1. The number of benzene rings is 1. The Bertz CT molecular complexity index is 2310. The summed E-state index contributed by atoms with van der Waals surface area (Å²) < 4.78 is 25.2. The molecule has 13 heteroatoms. The molecule has 280 valence electrons. The van der Waals surface area contributed by atoms with Crippen molar-refractivity contribution in [3.05, 3.63) is 68.9 Å². The summed E-state index contributed by atoms with van der Waals surface area (Å²) in [6, 6.07) is 8.17. The number of aryl methyl sites for hydroxylation is 2. The molecule has 5 atom stereocenters. The largest absolute Gasteiger partial charge is 0.481 e. The Labute approximate surface area is 324 Å².